The van der Waals surface area contributed by atoms with Crippen LogP contribution in [0.2, 0.25) is 0 Å². The fraction of sp³-hybridized carbons (Fsp3) is 0.625. The lowest BCUT2D eigenvalue weighted by Crippen LogP contribution is -2.32. The molecule has 4 nitrogen and oxygen atoms in total. The first-order chi connectivity index (χ1) is 9.72. The predicted octanol–water partition coefficient (Wildman–Crippen LogP) is 3.14. The summed E-state index contributed by atoms with van der Waals surface area (Å²) in [7, 11) is 0. The molecule has 110 valence electrons. The van der Waals surface area contributed by atoms with Gasteiger partial charge in [-0.3, -0.25) is 4.79 Å². The fourth-order valence-corrected chi connectivity index (χ4v) is 2.58. The van der Waals surface area contributed by atoms with Crippen LogP contribution in [0.1, 0.15) is 62.0 Å². The molecule has 0 radical (unpaired) electrons. The molecule has 1 amide bonds. The molecule has 0 aliphatic heterocycles. The molecule has 20 heavy (non-hydrogen) atoms. The molecule has 1 heterocycles. The molecule has 1 aliphatic rings. The minimum atomic E-state index is 0.0357. The molecule has 1 saturated carbocycles. The van der Waals surface area contributed by atoms with Crippen LogP contribution in [0.15, 0.2) is 12.1 Å². The maximum atomic E-state index is 12.3. The fourth-order valence-electron chi connectivity index (χ4n) is 2.58. The van der Waals surface area contributed by atoms with E-state index in [9.17, 15) is 4.79 Å². The first-order valence-corrected chi connectivity index (χ1v) is 7.78. The van der Waals surface area contributed by atoms with Crippen molar-refractivity contribution in [1.82, 2.24) is 10.3 Å². The number of pyridine rings is 1. The van der Waals surface area contributed by atoms with E-state index in [4.69, 9.17) is 0 Å². The monoisotopic (exact) mass is 275 g/mol. The van der Waals surface area contributed by atoms with Crippen LogP contribution < -0.4 is 10.6 Å². The molecule has 2 rings (SSSR count). The van der Waals surface area contributed by atoms with E-state index >= 15 is 0 Å². The number of hydrogen-bond acceptors (Lipinski definition) is 3. The van der Waals surface area contributed by atoms with E-state index in [1.54, 1.807) is 0 Å². The third-order valence-electron chi connectivity index (χ3n) is 3.75. The third kappa shape index (κ3) is 3.95. The summed E-state index contributed by atoms with van der Waals surface area (Å²) in [6.45, 7) is 5.05. The maximum absolute atomic E-state index is 12.3. The summed E-state index contributed by atoms with van der Waals surface area (Å²) in [4.78, 5) is 16.8. The van der Waals surface area contributed by atoms with Crippen LogP contribution in [0.4, 0.5) is 5.82 Å². The van der Waals surface area contributed by atoms with E-state index in [-0.39, 0.29) is 5.91 Å². The molecule has 0 aromatic carbocycles. The summed E-state index contributed by atoms with van der Waals surface area (Å²) in [5.41, 5.74) is 1.69. The quantitative estimate of drug-likeness (QED) is 0.838. The van der Waals surface area contributed by atoms with Crippen molar-refractivity contribution in [2.45, 2.75) is 58.4 Å². The first kappa shape index (κ1) is 14.8. The molecule has 0 saturated heterocycles. The Bertz CT molecular complexity index is 453. The van der Waals surface area contributed by atoms with Crippen molar-refractivity contribution in [2.24, 2.45) is 0 Å². The van der Waals surface area contributed by atoms with Gasteiger partial charge < -0.3 is 10.6 Å². The second kappa shape index (κ2) is 7.27. The van der Waals surface area contributed by atoms with E-state index in [0.717, 1.165) is 49.3 Å². The van der Waals surface area contributed by atoms with Gasteiger partial charge in [-0.1, -0.05) is 26.7 Å². The Labute approximate surface area is 121 Å². The number of carbonyl (C=O) groups is 1. The van der Waals surface area contributed by atoms with E-state index in [1.807, 2.05) is 12.1 Å². The lowest BCUT2D eigenvalue weighted by atomic mass is 10.1. The minimum Gasteiger partial charge on any atom is -0.370 e. The minimum absolute atomic E-state index is 0.0357. The highest BCUT2D eigenvalue weighted by molar-refractivity contribution is 5.95. The maximum Gasteiger partial charge on any atom is 0.251 e. The summed E-state index contributed by atoms with van der Waals surface area (Å²) in [5, 5.41) is 6.40. The lowest BCUT2D eigenvalue weighted by Gasteiger charge is -2.13. The molecule has 1 aromatic heterocycles. The number of amides is 1. The normalized spacial score (nSPS) is 15.3. The van der Waals surface area contributed by atoms with Gasteiger partial charge in [0.25, 0.3) is 5.91 Å². The summed E-state index contributed by atoms with van der Waals surface area (Å²) in [5.74, 6) is 0.844. The van der Waals surface area contributed by atoms with E-state index < -0.39 is 0 Å². The number of aromatic nitrogens is 1. The van der Waals surface area contributed by atoms with Crippen LogP contribution >= 0.6 is 0 Å². The van der Waals surface area contributed by atoms with Crippen LogP contribution in [0.3, 0.4) is 0 Å². The van der Waals surface area contributed by atoms with Crippen molar-refractivity contribution in [3.05, 3.63) is 23.4 Å². The average Bonchev–Trinajstić information content (AvgIpc) is 2.97. The van der Waals surface area contributed by atoms with Crippen molar-refractivity contribution in [3.8, 4) is 0 Å². The zero-order chi connectivity index (χ0) is 14.4. The van der Waals surface area contributed by atoms with E-state index in [0.29, 0.717) is 6.04 Å². The summed E-state index contributed by atoms with van der Waals surface area (Å²) < 4.78 is 0. The molecule has 4 heteroatoms. The second-order valence-corrected chi connectivity index (χ2v) is 5.47. The van der Waals surface area contributed by atoms with Crippen LogP contribution in [0.5, 0.6) is 0 Å². The Morgan fingerprint density at radius 2 is 2.05 bits per heavy atom. The Hall–Kier alpha value is -1.58. The number of hydrogen-bond donors (Lipinski definition) is 2. The van der Waals surface area contributed by atoms with Gasteiger partial charge in [0.1, 0.15) is 5.82 Å². The summed E-state index contributed by atoms with van der Waals surface area (Å²) >= 11 is 0. The smallest absolute Gasteiger partial charge is 0.251 e. The van der Waals surface area contributed by atoms with Crippen molar-refractivity contribution in [2.75, 3.05) is 11.9 Å². The van der Waals surface area contributed by atoms with Crippen molar-refractivity contribution >= 4 is 11.7 Å². The third-order valence-corrected chi connectivity index (χ3v) is 3.75. The standard InChI is InChI=1S/C16H25N3O/c1-3-9-17-15-11-12(10-13(4-2)18-15)16(20)19-14-7-5-6-8-14/h10-11,14H,3-9H2,1-2H3,(H,17,18)(H,19,20). The highest BCUT2D eigenvalue weighted by atomic mass is 16.1. The highest BCUT2D eigenvalue weighted by Crippen LogP contribution is 2.19. The van der Waals surface area contributed by atoms with Gasteiger partial charge in [0, 0.05) is 23.8 Å². The Morgan fingerprint density at radius 1 is 1.30 bits per heavy atom. The van der Waals surface area contributed by atoms with Gasteiger partial charge >= 0.3 is 0 Å². The van der Waals surface area contributed by atoms with Crippen molar-refractivity contribution in [3.63, 3.8) is 0 Å². The largest absolute Gasteiger partial charge is 0.370 e. The van der Waals surface area contributed by atoms with Crippen LogP contribution in [-0.2, 0) is 6.42 Å². The second-order valence-electron chi connectivity index (χ2n) is 5.47. The lowest BCUT2D eigenvalue weighted by molar-refractivity contribution is 0.0937. The molecule has 0 atom stereocenters. The molecule has 0 bridgehead atoms. The number of anilines is 1. The molecule has 1 aromatic rings. The van der Waals surface area contributed by atoms with Gasteiger partial charge in [0.05, 0.1) is 0 Å². The number of nitrogens with zero attached hydrogens (tertiary/aromatic N) is 1. The van der Waals surface area contributed by atoms with Gasteiger partial charge in [-0.25, -0.2) is 4.98 Å². The van der Waals surface area contributed by atoms with Crippen LogP contribution in [-0.4, -0.2) is 23.5 Å². The summed E-state index contributed by atoms with van der Waals surface area (Å²) in [6, 6.07) is 4.12. The number of nitrogens with one attached hydrogen (secondary N) is 2. The summed E-state index contributed by atoms with van der Waals surface area (Å²) in [6.07, 6.45) is 6.55. The molecule has 2 N–H and O–H groups in total. The van der Waals surface area contributed by atoms with Crippen LogP contribution in [0.25, 0.3) is 0 Å². The Balaban J connectivity index is 2.09. The zero-order valence-electron chi connectivity index (χ0n) is 12.5. The molecule has 1 fully saturated rings. The zero-order valence-corrected chi connectivity index (χ0v) is 12.5. The topological polar surface area (TPSA) is 54.0 Å². The molecular formula is C16H25N3O. The van der Waals surface area contributed by atoms with Gasteiger partial charge in [0.15, 0.2) is 0 Å². The van der Waals surface area contributed by atoms with Crippen molar-refractivity contribution < 1.29 is 4.79 Å². The number of rotatable bonds is 6. The van der Waals surface area contributed by atoms with Crippen molar-refractivity contribution in [1.29, 1.82) is 0 Å². The molecule has 1 aliphatic carbocycles. The van der Waals surface area contributed by atoms with Crippen LogP contribution in [0, 0.1) is 0 Å². The molecule has 0 unspecified atom stereocenters. The molecular weight excluding hydrogens is 250 g/mol. The van der Waals surface area contributed by atoms with Gasteiger partial charge in [0.2, 0.25) is 0 Å². The van der Waals surface area contributed by atoms with Gasteiger partial charge in [-0.2, -0.15) is 0 Å². The first-order valence-electron chi connectivity index (χ1n) is 7.78. The van der Waals surface area contributed by atoms with E-state index in [2.05, 4.69) is 29.5 Å². The van der Waals surface area contributed by atoms with Gasteiger partial charge in [-0.05, 0) is 37.8 Å². The molecule has 0 spiro atoms. The van der Waals surface area contributed by atoms with E-state index in [1.165, 1.54) is 12.8 Å². The number of aryl methyl sites for hydroxylation is 1. The Morgan fingerprint density at radius 3 is 2.70 bits per heavy atom. The SMILES string of the molecule is CCCNc1cc(C(=O)NC2CCCC2)cc(CC)n1. The number of carbonyl (C=O) groups excluding carboxylic acids is 1. The Kier molecular flexibility index (Phi) is 5.39. The van der Waals surface area contributed by atoms with Gasteiger partial charge in [-0.15, -0.1) is 0 Å². The highest BCUT2D eigenvalue weighted by Gasteiger charge is 2.18. The average molecular weight is 275 g/mol. The predicted molar refractivity (Wildman–Crippen MR) is 82.1 cm³/mol.